The molecule has 2 fully saturated rings. The third-order valence-corrected chi connectivity index (χ3v) is 5.71. The van der Waals surface area contributed by atoms with Crippen LogP contribution in [0.2, 0.25) is 0 Å². The Morgan fingerprint density at radius 2 is 1.52 bits per heavy atom. The van der Waals surface area contributed by atoms with E-state index in [4.69, 9.17) is 28.3 Å². The molecule has 158 valence electrons. The zero-order valence-electron chi connectivity index (χ0n) is 14.5. The smallest absolute Gasteiger partial charge is 0.388 e. The highest BCUT2D eigenvalue weighted by Gasteiger charge is 2.48. The van der Waals surface area contributed by atoms with Crippen LogP contribution in [-0.4, -0.2) is 99.8 Å². The summed E-state index contributed by atoms with van der Waals surface area (Å²) in [7, 11) is -8.12. The van der Waals surface area contributed by atoms with Crippen LogP contribution in [0, 0.1) is 0 Å². The molecule has 9 atom stereocenters. The number of hydrogen-bond donors (Lipinski definition) is 6. The molecule has 0 aromatic rings. The summed E-state index contributed by atoms with van der Waals surface area (Å²) in [5.41, 5.74) is 0. The molecule has 3 unspecified atom stereocenters. The van der Waals surface area contributed by atoms with Crippen molar-refractivity contribution in [3.05, 3.63) is 0 Å². The predicted molar refractivity (Wildman–Crippen MR) is 88.2 cm³/mol. The first-order valence-electron chi connectivity index (χ1n) is 8.01. The molecule has 0 radical (unpaired) electrons. The minimum atomic E-state index is -4.83. The first-order chi connectivity index (χ1) is 12.3. The van der Waals surface area contributed by atoms with Crippen LogP contribution in [0.15, 0.2) is 0 Å². The van der Waals surface area contributed by atoms with Gasteiger partial charge >= 0.3 is 15.6 Å². The minimum Gasteiger partial charge on any atom is -0.388 e. The topological polar surface area (TPSA) is 202 Å². The van der Waals surface area contributed by atoms with E-state index < -0.39 is 77.6 Å². The van der Waals surface area contributed by atoms with Gasteiger partial charge in [-0.1, -0.05) is 0 Å². The summed E-state index contributed by atoms with van der Waals surface area (Å²) in [6, 6.07) is -0.701. The third-order valence-electron chi connectivity index (χ3n) is 4.24. The van der Waals surface area contributed by atoms with Crippen LogP contribution in [0.4, 0.5) is 0 Å². The minimum absolute atomic E-state index is 0.584. The number of hydrogen-bond acceptors (Lipinski definition) is 10. The summed E-state index contributed by atoms with van der Waals surface area (Å²) >= 11 is 0. The van der Waals surface area contributed by atoms with Crippen molar-refractivity contribution in [3.8, 4) is 0 Å². The van der Waals surface area contributed by atoms with E-state index in [2.05, 4.69) is 4.52 Å². The number of rotatable bonds is 8. The molecule has 0 aromatic heterocycles. The first kappa shape index (κ1) is 23.4. The molecule has 27 heavy (non-hydrogen) atoms. The van der Waals surface area contributed by atoms with Gasteiger partial charge in [0.15, 0.2) is 0 Å². The van der Waals surface area contributed by atoms with Crippen molar-refractivity contribution < 1.29 is 62.2 Å². The number of aliphatic hydroxyl groups excluding tert-OH is 3. The maximum Gasteiger partial charge on any atom is 0.472 e. The van der Waals surface area contributed by atoms with Gasteiger partial charge in [0.1, 0.15) is 44.5 Å². The molecule has 2 aliphatic rings. The second-order valence-electron chi connectivity index (χ2n) is 6.35. The van der Waals surface area contributed by atoms with Crippen molar-refractivity contribution >= 4 is 23.5 Å². The molecule has 16 heteroatoms. The van der Waals surface area contributed by atoms with Crippen molar-refractivity contribution in [2.75, 3.05) is 13.2 Å². The van der Waals surface area contributed by atoms with Gasteiger partial charge in [-0.05, 0) is 6.92 Å². The predicted octanol–water partition coefficient (Wildman–Crippen LogP) is -3.17. The van der Waals surface area contributed by atoms with Crippen LogP contribution in [0.5, 0.6) is 0 Å². The van der Waals surface area contributed by atoms with E-state index >= 15 is 0 Å². The Hall–Kier alpha value is 0.0849. The second-order valence-corrected chi connectivity index (χ2v) is 9.00. The van der Waals surface area contributed by atoms with Gasteiger partial charge in [-0.25, -0.2) is 9.13 Å². The quantitative estimate of drug-likeness (QED) is 0.164. The van der Waals surface area contributed by atoms with Crippen LogP contribution < -0.4 is 0 Å². The number of phosphoric acid groups is 2. The van der Waals surface area contributed by atoms with Crippen LogP contribution in [0.25, 0.3) is 0 Å². The van der Waals surface area contributed by atoms with E-state index in [1.54, 1.807) is 0 Å². The van der Waals surface area contributed by atoms with Crippen molar-refractivity contribution in [1.82, 2.24) is 0 Å². The van der Waals surface area contributed by atoms with E-state index in [1.807, 2.05) is 0 Å². The second kappa shape index (κ2) is 8.84. The molecular formula is C11H23BO13P2. The normalized spacial score (nSPS) is 42.3. The summed E-state index contributed by atoms with van der Waals surface area (Å²) in [5, 5.41) is 29.4. The Balaban J connectivity index is 1.95. The zero-order chi connectivity index (χ0) is 20.6. The lowest BCUT2D eigenvalue weighted by Crippen LogP contribution is -2.37. The van der Waals surface area contributed by atoms with Gasteiger partial charge in [-0.15, -0.1) is 0 Å². The van der Waals surface area contributed by atoms with Crippen LogP contribution in [0.1, 0.15) is 6.92 Å². The van der Waals surface area contributed by atoms with E-state index in [0.29, 0.717) is 0 Å². The fourth-order valence-electron chi connectivity index (χ4n) is 2.78. The molecule has 0 amide bonds. The largest absolute Gasteiger partial charge is 0.472 e. The van der Waals surface area contributed by atoms with Crippen molar-refractivity contribution in [2.45, 2.75) is 55.7 Å². The Labute approximate surface area is 155 Å². The standard InChI is InChI=1S/C11H23BO13P2/c1-4-7(13)10(6(23-4)3-21-26(16,17)18)25-27(19,20)22-2-5-8(14)9(15)11(12)24-5/h4-11,13-15H,2-3,12H2,1H3,(H,19,20)(H2,16,17,18)/t4-,5+,6+,7?,8-,9?,10-,11+/m0/s1. The Morgan fingerprint density at radius 3 is 2.04 bits per heavy atom. The van der Waals surface area contributed by atoms with Crippen LogP contribution in [-0.2, 0) is 32.2 Å². The lowest BCUT2D eigenvalue weighted by Gasteiger charge is -2.24. The molecule has 0 aliphatic carbocycles. The highest BCUT2D eigenvalue weighted by molar-refractivity contribution is 7.47. The molecule has 2 rings (SSSR count). The Morgan fingerprint density at radius 1 is 0.926 bits per heavy atom. The van der Waals surface area contributed by atoms with Crippen LogP contribution in [0.3, 0.4) is 0 Å². The SMILES string of the molecule is B[C@@H]1O[C@H](COP(=O)(O)O[C@@H]2C(O)[C@H](C)O[C@@H]2COP(=O)(O)O)[C@H](O)C1O. The molecule has 6 N–H and O–H groups in total. The lowest BCUT2D eigenvalue weighted by atomic mass is 9.93. The molecule has 0 spiro atoms. The van der Waals surface area contributed by atoms with Crippen LogP contribution >= 0.6 is 15.6 Å². The zero-order valence-corrected chi connectivity index (χ0v) is 16.3. The van der Waals surface area contributed by atoms with E-state index in [1.165, 1.54) is 14.8 Å². The molecule has 0 saturated carbocycles. The number of aliphatic hydroxyl groups is 3. The first-order valence-corrected chi connectivity index (χ1v) is 11.0. The van der Waals surface area contributed by atoms with E-state index in [-0.39, 0.29) is 0 Å². The van der Waals surface area contributed by atoms with Gasteiger partial charge < -0.3 is 39.5 Å². The summed E-state index contributed by atoms with van der Waals surface area (Å²) in [5.74, 6) is 0. The third kappa shape index (κ3) is 6.28. The maximum atomic E-state index is 12.1. The maximum absolute atomic E-state index is 12.1. The van der Waals surface area contributed by atoms with Gasteiger partial charge in [0.25, 0.3) is 0 Å². The number of ether oxygens (including phenoxy) is 2. The van der Waals surface area contributed by atoms with Gasteiger partial charge in [-0.2, -0.15) is 0 Å². The molecule has 2 aliphatic heterocycles. The molecule has 2 saturated heterocycles. The lowest BCUT2D eigenvalue weighted by molar-refractivity contribution is -0.0334. The van der Waals surface area contributed by atoms with Gasteiger partial charge in [0.2, 0.25) is 0 Å². The van der Waals surface area contributed by atoms with Crippen molar-refractivity contribution in [2.24, 2.45) is 0 Å². The highest BCUT2D eigenvalue weighted by atomic mass is 31.2. The Bertz CT molecular complexity index is 601. The Kier molecular flexibility index (Phi) is 7.65. The fraction of sp³-hybridized carbons (Fsp3) is 1.00. The molecule has 0 bridgehead atoms. The summed E-state index contributed by atoms with van der Waals surface area (Å²) in [6.07, 6.45) is -8.56. The summed E-state index contributed by atoms with van der Waals surface area (Å²) in [4.78, 5) is 27.3. The summed E-state index contributed by atoms with van der Waals surface area (Å²) in [6.45, 7) is 0.136. The fourth-order valence-corrected chi connectivity index (χ4v) is 4.09. The summed E-state index contributed by atoms with van der Waals surface area (Å²) < 4.78 is 47.3. The van der Waals surface area contributed by atoms with Gasteiger partial charge in [0.05, 0.1) is 25.3 Å². The molecule has 0 aromatic carbocycles. The number of phosphoric ester groups is 2. The molecule has 2 heterocycles. The molecule has 13 nitrogen and oxygen atoms in total. The molecular weight excluding hydrogens is 413 g/mol. The highest BCUT2D eigenvalue weighted by Crippen LogP contribution is 2.48. The average Bonchev–Trinajstić information content (AvgIpc) is 2.95. The monoisotopic (exact) mass is 436 g/mol. The van der Waals surface area contributed by atoms with Crippen molar-refractivity contribution in [1.29, 1.82) is 0 Å². The van der Waals surface area contributed by atoms with E-state index in [0.717, 1.165) is 0 Å². The van der Waals surface area contributed by atoms with Gasteiger partial charge in [0, 0.05) is 0 Å². The van der Waals surface area contributed by atoms with Crippen molar-refractivity contribution in [3.63, 3.8) is 0 Å². The van der Waals surface area contributed by atoms with E-state index in [9.17, 15) is 29.3 Å². The average molecular weight is 436 g/mol. The van der Waals surface area contributed by atoms with Gasteiger partial charge in [-0.3, -0.25) is 13.6 Å².